The van der Waals surface area contributed by atoms with Gasteiger partial charge >= 0.3 is 0 Å². The number of benzene rings is 1. The predicted molar refractivity (Wildman–Crippen MR) is 67.1 cm³/mol. The Kier molecular flexibility index (Phi) is 3.86. The molecular weight excluding hydrogens is 271 g/mol. The number of primary amides is 1. The zero-order chi connectivity index (χ0) is 14.0. The molecule has 5 nitrogen and oxygen atoms in total. The van der Waals surface area contributed by atoms with Crippen LogP contribution >= 0.6 is 0 Å². The van der Waals surface area contributed by atoms with Gasteiger partial charge in [-0.05, 0) is 31.0 Å². The molecule has 1 saturated heterocycles. The molecule has 1 amide bonds. The Morgan fingerprint density at radius 2 is 2.16 bits per heavy atom. The number of hydrogen-bond acceptors (Lipinski definition) is 3. The number of rotatable bonds is 3. The lowest BCUT2D eigenvalue weighted by Crippen LogP contribution is -2.44. The summed E-state index contributed by atoms with van der Waals surface area (Å²) in [5.41, 5.74) is 5.22. The maximum Gasteiger partial charge on any atom is 0.243 e. The highest BCUT2D eigenvalue weighted by Gasteiger charge is 2.32. The fraction of sp³-hybridized carbons (Fsp3) is 0.417. The van der Waals surface area contributed by atoms with Gasteiger partial charge in [-0.15, -0.1) is 0 Å². The Balaban J connectivity index is 2.27. The number of hydrogen-bond donors (Lipinski definition) is 1. The Hall–Kier alpha value is -1.47. The van der Waals surface area contributed by atoms with Crippen LogP contribution in [0.15, 0.2) is 29.2 Å². The van der Waals surface area contributed by atoms with Crippen LogP contribution < -0.4 is 5.73 Å². The van der Waals surface area contributed by atoms with E-state index in [-0.39, 0.29) is 11.4 Å². The molecule has 1 heterocycles. The Morgan fingerprint density at radius 3 is 2.79 bits per heavy atom. The number of sulfonamides is 1. The number of piperidine rings is 1. The van der Waals surface area contributed by atoms with Crippen molar-refractivity contribution < 1.29 is 17.6 Å². The van der Waals surface area contributed by atoms with E-state index in [9.17, 15) is 17.6 Å². The lowest BCUT2D eigenvalue weighted by atomic mass is 9.99. The molecule has 0 bridgehead atoms. The van der Waals surface area contributed by atoms with Crippen molar-refractivity contribution in [1.82, 2.24) is 4.31 Å². The zero-order valence-electron chi connectivity index (χ0n) is 10.3. The molecule has 1 aliphatic heterocycles. The van der Waals surface area contributed by atoms with Crippen LogP contribution in [0.5, 0.6) is 0 Å². The molecule has 1 aromatic rings. The molecule has 0 saturated carbocycles. The predicted octanol–water partition coefficient (Wildman–Crippen LogP) is 0.712. The van der Waals surface area contributed by atoms with Gasteiger partial charge < -0.3 is 5.73 Å². The second kappa shape index (κ2) is 5.26. The third kappa shape index (κ3) is 2.93. The summed E-state index contributed by atoms with van der Waals surface area (Å²) < 4.78 is 38.9. The highest BCUT2D eigenvalue weighted by molar-refractivity contribution is 7.89. The molecule has 7 heteroatoms. The third-order valence-electron chi connectivity index (χ3n) is 3.22. The summed E-state index contributed by atoms with van der Waals surface area (Å²) in [6, 6.07) is 4.84. The molecule has 1 aromatic carbocycles. The number of carbonyl (C=O) groups is 1. The average Bonchev–Trinajstić information content (AvgIpc) is 2.39. The molecule has 19 heavy (non-hydrogen) atoms. The summed E-state index contributed by atoms with van der Waals surface area (Å²) in [5.74, 6) is -1.58. The van der Waals surface area contributed by atoms with Crippen LogP contribution in [0.4, 0.5) is 4.39 Å². The van der Waals surface area contributed by atoms with Crippen LogP contribution in [0.3, 0.4) is 0 Å². The molecule has 0 unspecified atom stereocenters. The van der Waals surface area contributed by atoms with E-state index in [0.717, 1.165) is 6.07 Å². The summed E-state index contributed by atoms with van der Waals surface area (Å²) in [6.45, 7) is 0.386. The first-order valence-corrected chi connectivity index (χ1v) is 7.40. The van der Waals surface area contributed by atoms with Crippen molar-refractivity contribution in [3.8, 4) is 0 Å². The van der Waals surface area contributed by atoms with Gasteiger partial charge in [-0.2, -0.15) is 4.31 Å². The minimum atomic E-state index is -3.77. The van der Waals surface area contributed by atoms with Crippen molar-refractivity contribution in [3.05, 3.63) is 30.1 Å². The van der Waals surface area contributed by atoms with Gasteiger partial charge in [0.05, 0.1) is 10.8 Å². The molecule has 1 atom stereocenters. The second-order valence-electron chi connectivity index (χ2n) is 4.56. The van der Waals surface area contributed by atoms with Crippen molar-refractivity contribution in [2.45, 2.75) is 17.7 Å². The van der Waals surface area contributed by atoms with Crippen LogP contribution in [0.25, 0.3) is 0 Å². The van der Waals surface area contributed by atoms with Crippen molar-refractivity contribution in [1.29, 1.82) is 0 Å². The number of nitrogens with two attached hydrogens (primary N) is 1. The molecule has 0 radical (unpaired) electrons. The number of nitrogens with zero attached hydrogens (tertiary/aromatic N) is 1. The fourth-order valence-corrected chi connectivity index (χ4v) is 3.73. The van der Waals surface area contributed by atoms with Gasteiger partial charge in [0.25, 0.3) is 0 Å². The highest BCUT2D eigenvalue weighted by Crippen LogP contribution is 2.23. The number of carbonyl (C=O) groups excluding carboxylic acids is 1. The Labute approximate surface area is 111 Å². The molecule has 1 fully saturated rings. The molecule has 0 spiro atoms. The average molecular weight is 286 g/mol. The Morgan fingerprint density at radius 1 is 1.42 bits per heavy atom. The normalized spacial score (nSPS) is 21.2. The fourth-order valence-electron chi connectivity index (χ4n) is 2.17. The first-order valence-electron chi connectivity index (χ1n) is 5.96. The summed E-state index contributed by atoms with van der Waals surface area (Å²) in [7, 11) is -3.77. The number of amides is 1. The molecule has 0 aromatic heterocycles. The van der Waals surface area contributed by atoms with E-state index < -0.39 is 27.7 Å². The molecule has 0 aliphatic carbocycles. The summed E-state index contributed by atoms with van der Waals surface area (Å²) in [5, 5.41) is 0. The van der Waals surface area contributed by atoms with E-state index in [4.69, 9.17) is 5.73 Å². The van der Waals surface area contributed by atoms with E-state index in [1.54, 1.807) is 0 Å². The van der Waals surface area contributed by atoms with Crippen LogP contribution in [-0.2, 0) is 14.8 Å². The van der Waals surface area contributed by atoms with E-state index in [0.29, 0.717) is 19.4 Å². The van der Waals surface area contributed by atoms with Crippen LogP contribution in [-0.4, -0.2) is 31.7 Å². The van der Waals surface area contributed by atoms with Gasteiger partial charge in [-0.25, -0.2) is 12.8 Å². The van der Waals surface area contributed by atoms with Crippen molar-refractivity contribution >= 4 is 15.9 Å². The maximum atomic E-state index is 13.1. The summed E-state index contributed by atoms with van der Waals surface area (Å²) >= 11 is 0. The van der Waals surface area contributed by atoms with Crippen LogP contribution in [0.1, 0.15) is 12.8 Å². The van der Waals surface area contributed by atoms with E-state index in [1.807, 2.05) is 0 Å². The van der Waals surface area contributed by atoms with Gasteiger partial charge in [0.1, 0.15) is 5.82 Å². The van der Waals surface area contributed by atoms with Crippen LogP contribution in [0.2, 0.25) is 0 Å². The highest BCUT2D eigenvalue weighted by atomic mass is 32.2. The zero-order valence-corrected chi connectivity index (χ0v) is 11.1. The van der Waals surface area contributed by atoms with Gasteiger partial charge in [-0.3, -0.25) is 4.79 Å². The molecule has 2 N–H and O–H groups in total. The Bertz CT molecular complexity index is 588. The van der Waals surface area contributed by atoms with Gasteiger partial charge in [-0.1, -0.05) is 6.07 Å². The first-order chi connectivity index (χ1) is 8.91. The second-order valence-corrected chi connectivity index (χ2v) is 6.50. The smallest absolute Gasteiger partial charge is 0.243 e. The van der Waals surface area contributed by atoms with Crippen molar-refractivity contribution in [2.24, 2.45) is 11.7 Å². The van der Waals surface area contributed by atoms with Gasteiger partial charge in [0.15, 0.2) is 0 Å². The van der Waals surface area contributed by atoms with E-state index in [1.165, 1.54) is 22.5 Å². The van der Waals surface area contributed by atoms with Crippen LogP contribution in [0, 0.1) is 11.7 Å². The third-order valence-corrected chi connectivity index (χ3v) is 5.08. The lowest BCUT2D eigenvalue weighted by Gasteiger charge is -2.30. The van der Waals surface area contributed by atoms with Crippen molar-refractivity contribution in [3.63, 3.8) is 0 Å². The maximum absolute atomic E-state index is 13.1. The largest absolute Gasteiger partial charge is 0.369 e. The van der Waals surface area contributed by atoms with Gasteiger partial charge in [0, 0.05) is 13.1 Å². The van der Waals surface area contributed by atoms with E-state index in [2.05, 4.69) is 0 Å². The van der Waals surface area contributed by atoms with Crippen molar-refractivity contribution in [2.75, 3.05) is 13.1 Å². The standard InChI is InChI=1S/C12H15FN2O3S/c13-10-4-1-5-11(7-10)19(17,18)15-6-2-3-9(8-15)12(14)16/h1,4-5,7,9H,2-3,6,8H2,(H2,14,16)/t9-/m0/s1. The molecule has 1 aliphatic rings. The molecule has 104 valence electrons. The van der Waals surface area contributed by atoms with Gasteiger partial charge in [0.2, 0.25) is 15.9 Å². The summed E-state index contributed by atoms with van der Waals surface area (Å²) in [4.78, 5) is 11.1. The summed E-state index contributed by atoms with van der Waals surface area (Å²) in [6.07, 6.45) is 1.16. The topological polar surface area (TPSA) is 80.5 Å². The minimum Gasteiger partial charge on any atom is -0.369 e. The quantitative estimate of drug-likeness (QED) is 0.888. The SMILES string of the molecule is NC(=O)[C@H]1CCCN(S(=O)(=O)c2cccc(F)c2)C1. The molecule has 2 rings (SSSR count). The minimum absolute atomic E-state index is 0.0637. The van der Waals surface area contributed by atoms with E-state index >= 15 is 0 Å². The number of halogens is 1. The lowest BCUT2D eigenvalue weighted by molar-refractivity contribution is -0.122. The first kappa shape index (κ1) is 14.0. The monoisotopic (exact) mass is 286 g/mol. The molecular formula is C12H15FN2O3S.